The van der Waals surface area contributed by atoms with Crippen molar-refractivity contribution in [3.8, 4) is 0 Å². The van der Waals surface area contributed by atoms with E-state index in [4.69, 9.17) is 6.58 Å². The van der Waals surface area contributed by atoms with Crippen molar-refractivity contribution in [2.75, 3.05) is 13.1 Å². The molecule has 1 radical (unpaired) electrons. The third-order valence-electron chi connectivity index (χ3n) is 1.59. The van der Waals surface area contributed by atoms with Gasteiger partial charge in [0.25, 0.3) is 0 Å². The highest BCUT2D eigenvalue weighted by molar-refractivity contribution is 5.00. The summed E-state index contributed by atoms with van der Waals surface area (Å²) < 4.78 is 0. The van der Waals surface area contributed by atoms with E-state index in [1.54, 1.807) is 6.08 Å². The monoisotopic (exact) mass is 122 g/mol. The second-order valence-electron chi connectivity index (χ2n) is 2.33. The number of nitrogens with one attached hydrogen (secondary N) is 1. The van der Waals surface area contributed by atoms with E-state index < -0.39 is 0 Å². The van der Waals surface area contributed by atoms with Crippen molar-refractivity contribution in [1.29, 1.82) is 0 Å². The van der Waals surface area contributed by atoms with E-state index in [1.165, 1.54) is 6.42 Å². The van der Waals surface area contributed by atoms with Gasteiger partial charge >= 0.3 is 0 Å². The predicted octanol–water partition coefficient (Wildman–Crippen LogP) is 1.14. The molecule has 0 aliphatic carbocycles. The van der Waals surface area contributed by atoms with Gasteiger partial charge in [0.05, 0.1) is 0 Å². The van der Waals surface area contributed by atoms with E-state index in [2.05, 4.69) is 11.4 Å². The first-order valence-electron chi connectivity index (χ1n) is 3.36. The number of hydrogen-bond acceptors (Lipinski definition) is 1. The first-order chi connectivity index (χ1) is 4.43. The molecule has 1 heterocycles. The van der Waals surface area contributed by atoms with Gasteiger partial charge in [-0.3, -0.25) is 0 Å². The van der Waals surface area contributed by atoms with Gasteiger partial charge in [-0.15, -0.1) is 0 Å². The fraction of sp³-hybridized carbons (Fsp3) is 0.500. The van der Waals surface area contributed by atoms with Crippen molar-refractivity contribution in [2.45, 2.75) is 6.42 Å². The minimum Gasteiger partial charge on any atom is -0.316 e. The molecule has 0 aromatic rings. The molecular formula is C8H12N. The quantitative estimate of drug-likeness (QED) is 0.541. The van der Waals surface area contributed by atoms with Crippen molar-refractivity contribution < 1.29 is 0 Å². The molecule has 1 saturated heterocycles. The van der Waals surface area contributed by atoms with Crippen molar-refractivity contribution in [1.82, 2.24) is 5.32 Å². The van der Waals surface area contributed by atoms with Gasteiger partial charge in [0.15, 0.2) is 0 Å². The highest BCUT2D eigenvalue weighted by Crippen LogP contribution is 2.07. The van der Waals surface area contributed by atoms with Gasteiger partial charge < -0.3 is 5.32 Å². The summed E-state index contributed by atoms with van der Waals surface area (Å²) in [5.74, 6) is 0.713. The summed E-state index contributed by atoms with van der Waals surface area (Å²) in [6.07, 6.45) is 6.90. The van der Waals surface area contributed by atoms with Crippen LogP contribution in [0.4, 0.5) is 0 Å². The molecule has 1 nitrogen and oxygen atoms in total. The van der Waals surface area contributed by atoms with Crippen LogP contribution in [-0.2, 0) is 0 Å². The Morgan fingerprint density at radius 2 is 2.44 bits per heavy atom. The molecular weight excluding hydrogens is 110 g/mol. The summed E-state index contributed by atoms with van der Waals surface area (Å²) in [6, 6.07) is 0. The Bertz CT molecular complexity index is 110. The first kappa shape index (κ1) is 6.56. The van der Waals surface area contributed by atoms with Crippen LogP contribution in [0.5, 0.6) is 0 Å². The molecule has 1 heteroatoms. The van der Waals surface area contributed by atoms with Crippen LogP contribution < -0.4 is 5.32 Å². The van der Waals surface area contributed by atoms with Gasteiger partial charge in [-0.25, -0.2) is 0 Å². The lowest BCUT2D eigenvalue weighted by atomic mass is 10.1. The smallest absolute Gasteiger partial charge is 0.00148 e. The van der Waals surface area contributed by atoms with Gasteiger partial charge in [-0.05, 0) is 18.9 Å². The SMILES string of the molecule is [CH]=CC=CC1CCNC1. The summed E-state index contributed by atoms with van der Waals surface area (Å²) >= 11 is 0. The molecule has 49 valence electrons. The molecule has 1 unspecified atom stereocenters. The Morgan fingerprint density at radius 3 is 3.00 bits per heavy atom. The highest BCUT2D eigenvalue weighted by atomic mass is 14.9. The highest BCUT2D eigenvalue weighted by Gasteiger charge is 2.09. The van der Waals surface area contributed by atoms with Crippen molar-refractivity contribution in [2.24, 2.45) is 5.92 Å². The molecule has 0 amide bonds. The van der Waals surface area contributed by atoms with Crippen LogP contribution in [0.2, 0.25) is 0 Å². The Hall–Kier alpha value is -0.560. The maximum absolute atomic E-state index is 5.17. The van der Waals surface area contributed by atoms with Gasteiger partial charge in [-0.2, -0.15) is 0 Å². The first-order valence-corrected chi connectivity index (χ1v) is 3.36. The second kappa shape index (κ2) is 3.46. The molecule has 0 spiro atoms. The van der Waals surface area contributed by atoms with Gasteiger partial charge in [0.2, 0.25) is 0 Å². The fourth-order valence-electron chi connectivity index (χ4n) is 1.06. The average Bonchev–Trinajstić information content (AvgIpc) is 2.34. The molecule has 0 aromatic carbocycles. The Kier molecular flexibility index (Phi) is 2.52. The fourth-order valence-corrected chi connectivity index (χ4v) is 1.06. The zero-order valence-corrected chi connectivity index (χ0v) is 5.51. The van der Waals surface area contributed by atoms with Crippen LogP contribution in [-0.4, -0.2) is 13.1 Å². The maximum Gasteiger partial charge on any atom is 0.00148 e. The lowest BCUT2D eigenvalue weighted by Gasteiger charge is -1.95. The normalized spacial score (nSPS) is 27.3. The number of rotatable bonds is 2. The summed E-state index contributed by atoms with van der Waals surface area (Å²) in [5, 5.41) is 3.28. The van der Waals surface area contributed by atoms with E-state index in [0.717, 1.165) is 13.1 Å². The van der Waals surface area contributed by atoms with Gasteiger partial charge in [0, 0.05) is 6.54 Å². The zero-order valence-electron chi connectivity index (χ0n) is 5.51. The predicted molar refractivity (Wildman–Crippen MR) is 39.0 cm³/mol. The Morgan fingerprint density at radius 1 is 1.56 bits per heavy atom. The van der Waals surface area contributed by atoms with Crippen molar-refractivity contribution in [3.63, 3.8) is 0 Å². The van der Waals surface area contributed by atoms with Crippen LogP contribution >= 0.6 is 0 Å². The molecule has 0 aromatic heterocycles. The second-order valence-corrected chi connectivity index (χ2v) is 2.33. The number of hydrogen-bond donors (Lipinski definition) is 1. The molecule has 1 atom stereocenters. The van der Waals surface area contributed by atoms with Crippen molar-refractivity contribution in [3.05, 3.63) is 24.8 Å². The minimum absolute atomic E-state index is 0.713. The summed E-state index contributed by atoms with van der Waals surface area (Å²) in [7, 11) is 0. The molecule has 9 heavy (non-hydrogen) atoms. The van der Waals surface area contributed by atoms with E-state index in [0.29, 0.717) is 5.92 Å². The van der Waals surface area contributed by atoms with Crippen LogP contribution in [0.3, 0.4) is 0 Å². The van der Waals surface area contributed by atoms with Crippen LogP contribution in [0.15, 0.2) is 18.2 Å². The molecule has 1 aliphatic heterocycles. The van der Waals surface area contributed by atoms with E-state index >= 15 is 0 Å². The molecule has 1 rings (SSSR count). The summed E-state index contributed by atoms with van der Waals surface area (Å²) in [4.78, 5) is 0. The Labute approximate surface area is 56.5 Å². The molecule has 1 fully saturated rings. The standard InChI is InChI=1S/C8H12N/c1-2-3-4-8-5-6-9-7-8/h1-4,8-9H,5-7H2. The third kappa shape index (κ3) is 2.02. The largest absolute Gasteiger partial charge is 0.316 e. The number of allylic oxidation sites excluding steroid dienone is 2. The van der Waals surface area contributed by atoms with Crippen LogP contribution in [0.1, 0.15) is 6.42 Å². The third-order valence-corrected chi connectivity index (χ3v) is 1.59. The van der Waals surface area contributed by atoms with Crippen LogP contribution in [0.25, 0.3) is 0 Å². The molecule has 0 saturated carbocycles. The topological polar surface area (TPSA) is 12.0 Å². The lowest BCUT2D eigenvalue weighted by Crippen LogP contribution is -2.07. The zero-order chi connectivity index (χ0) is 6.53. The lowest BCUT2D eigenvalue weighted by molar-refractivity contribution is 0.728. The minimum atomic E-state index is 0.713. The van der Waals surface area contributed by atoms with E-state index in [9.17, 15) is 0 Å². The molecule has 1 aliphatic rings. The Balaban J connectivity index is 2.25. The summed E-state index contributed by atoms with van der Waals surface area (Å²) in [6.45, 7) is 7.44. The summed E-state index contributed by atoms with van der Waals surface area (Å²) in [5.41, 5.74) is 0. The molecule has 1 N–H and O–H groups in total. The van der Waals surface area contributed by atoms with Crippen molar-refractivity contribution >= 4 is 0 Å². The van der Waals surface area contributed by atoms with E-state index in [1.807, 2.05) is 6.08 Å². The molecule has 0 bridgehead atoms. The van der Waals surface area contributed by atoms with Gasteiger partial charge in [-0.1, -0.05) is 24.8 Å². The van der Waals surface area contributed by atoms with E-state index in [-0.39, 0.29) is 0 Å². The average molecular weight is 122 g/mol. The maximum atomic E-state index is 5.17. The van der Waals surface area contributed by atoms with Gasteiger partial charge in [0.1, 0.15) is 0 Å². The van der Waals surface area contributed by atoms with Crippen LogP contribution in [0, 0.1) is 12.5 Å².